The van der Waals surface area contributed by atoms with E-state index in [4.69, 9.17) is 0 Å². The van der Waals surface area contributed by atoms with Gasteiger partial charge in [-0.3, -0.25) is 14.5 Å². The van der Waals surface area contributed by atoms with Crippen LogP contribution in [0, 0.1) is 0 Å². The molecule has 1 heterocycles. The van der Waals surface area contributed by atoms with Gasteiger partial charge < -0.3 is 0 Å². The Morgan fingerprint density at radius 2 is 1.75 bits per heavy atom. The van der Waals surface area contributed by atoms with Gasteiger partial charge in [-0.1, -0.05) is 60.7 Å². The summed E-state index contributed by atoms with van der Waals surface area (Å²) in [4.78, 5) is 27.2. The Kier molecular flexibility index (Phi) is 2.43. The predicted octanol–water partition coefficient (Wildman–Crippen LogP) is 3.29. The molecule has 116 valence electrons. The zero-order valence-corrected chi connectivity index (χ0v) is 13.2. The molecule has 5 rings (SSSR count). The molecule has 24 heavy (non-hydrogen) atoms. The van der Waals surface area contributed by atoms with Gasteiger partial charge in [0.15, 0.2) is 0 Å². The first kappa shape index (κ1) is 13.5. The third kappa shape index (κ3) is 1.34. The molecule has 2 unspecified atom stereocenters. The summed E-state index contributed by atoms with van der Waals surface area (Å²) in [5, 5.41) is 0. The predicted molar refractivity (Wildman–Crippen MR) is 91.5 cm³/mol. The molecule has 3 heteroatoms. The van der Waals surface area contributed by atoms with Crippen LogP contribution in [0.25, 0.3) is 6.08 Å². The second kappa shape index (κ2) is 4.32. The number of imide groups is 1. The Bertz CT molecular complexity index is 971. The second-order valence-corrected chi connectivity index (χ2v) is 6.59. The van der Waals surface area contributed by atoms with Gasteiger partial charge in [0.05, 0.1) is 0 Å². The van der Waals surface area contributed by atoms with Crippen LogP contribution in [0.3, 0.4) is 0 Å². The molecule has 0 N–H and O–H groups in total. The van der Waals surface area contributed by atoms with E-state index in [-0.39, 0.29) is 17.7 Å². The number of benzene rings is 2. The molecule has 2 amide bonds. The maximum Gasteiger partial charge on any atom is 0.260 e. The molecule has 2 aromatic rings. The number of carbonyl (C=O) groups is 2. The molecule has 2 atom stereocenters. The van der Waals surface area contributed by atoms with Crippen LogP contribution >= 0.6 is 0 Å². The maximum atomic E-state index is 13.3. The van der Waals surface area contributed by atoms with Crippen LogP contribution in [-0.4, -0.2) is 23.8 Å². The van der Waals surface area contributed by atoms with Crippen molar-refractivity contribution in [3.8, 4) is 0 Å². The first-order valence-electron chi connectivity index (χ1n) is 8.07. The van der Waals surface area contributed by atoms with Crippen molar-refractivity contribution in [3.63, 3.8) is 0 Å². The lowest BCUT2D eigenvalue weighted by molar-refractivity contribution is -0.134. The lowest BCUT2D eigenvalue weighted by Crippen LogP contribution is -2.60. The Balaban J connectivity index is 1.86. The highest BCUT2D eigenvalue weighted by Gasteiger charge is 2.61. The fraction of sp³-hybridized carbons (Fsp3) is 0.143. The first-order chi connectivity index (χ1) is 11.7. The highest BCUT2D eigenvalue weighted by atomic mass is 16.2. The Hall–Kier alpha value is -2.94. The van der Waals surface area contributed by atoms with Crippen LogP contribution in [0.4, 0.5) is 0 Å². The smallest absolute Gasteiger partial charge is 0.260 e. The molecular weight excluding hydrogens is 298 g/mol. The van der Waals surface area contributed by atoms with E-state index in [9.17, 15) is 9.59 Å². The highest BCUT2D eigenvalue weighted by molar-refractivity contribution is 6.17. The molecule has 0 bridgehead atoms. The van der Waals surface area contributed by atoms with Crippen LogP contribution in [0.2, 0.25) is 0 Å². The molecule has 0 saturated heterocycles. The number of allylic oxidation sites excluding steroid dienone is 2. The average molecular weight is 313 g/mol. The van der Waals surface area contributed by atoms with E-state index in [1.165, 1.54) is 4.90 Å². The Labute approximate surface area is 139 Å². The molecule has 3 nitrogen and oxygen atoms in total. The zero-order valence-electron chi connectivity index (χ0n) is 13.2. The van der Waals surface area contributed by atoms with Crippen molar-refractivity contribution in [2.45, 2.75) is 11.3 Å². The van der Waals surface area contributed by atoms with E-state index in [1.807, 2.05) is 48.6 Å². The van der Waals surface area contributed by atoms with E-state index in [0.29, 0.717) is 5.56 Å². The highest BCUT2D eigenvalue weighted by Crippen LogP contribution is 2.60. The summed E-state index contributed by atoms with van der Waals surface area (Å²) in [5.41, 5.74) is 3.84. The monoisotopic (exact) mass is 313 g/mol. The van der Waals surface area contributed by atoms with Crippen molar-refractivity contribution in [2.75, 3.05) is 7.05 Å². The van der Waals surface area contributed by atoms with Gasteiger partial charge in [0, 0.05) is 18.5 Å². The maximum absolute atomic E-state index is 13.3. The van der Waals surface area contributed by atoms with E-state index < -0.39 is 5.41 Å². The molecule has 3 aliphatic rings. The first-order valence-corrected chi connectivity index (χ1v) is 8.07. The number of amides is 2. The minimum Gasteiger partial charge on any atom is -0.281 e. The van der Waals surface area contributed by atoms with Crippen molar-refractivity contribution < 1.29 is 9.59 Å². The van der Waals surface area contributed by atoms with Crippen LogP contribution in [0.15, 0.2) is 66.3 Å². The van der Waals surface area contributed by atoms with E-state index in [0.717, 1.165) is 22.3 Å². The largest absolute Gasteiger partial charge is 0.281 e. The summed E-state index contributed by atoms with van der Waals surface area (Å²) in [5.74, 6) is -0.374. The van der Waals surface area contributed by atoms with Crippen LogP contribution < -0.4 is 0 Å². The molecule has 0 saturated carbocycles. The van der Waals surface area contributed by atoms with Gasteiger partial charge in [-0.05, 0) is 28.3 Å². The van der Waals surface area contributed by atoms with Gasteiger partial charge in [-0.15, -0.1) is 0 Å². The normalized spacial score (nSPS) is 26.5. The minimum atomic E-state index is -0.759. The fourth-order valence-corrected chi connectivity index (χ4v) is 4.42. The molecule has 0 radical (unpaired) electrons. The van der Waals surface area contributed by atoms with Crippen molar-refractivity contribution in [3.05, 3.63) is 88.5 Å². The van der Waals surface area contributed by atoms with Gasteiger partial charge in [-0.2, -0.15) is 0 Å². The van der Waals surface area contributed by atoms with Crippen LogP contribution in [-0.2, 0) is 10.2 Å². The third-order valence-corrected chi connectivity index (χ3v) is 5.54. The zero-order chi connectivity index (χ0) is 16.5. The number of likely N-dealkylation sites (N-methyl/N-ethyl adjacent to an activating group) is 1. The Morgan fingerprint density at radius 1 is 0.958 bits per heavy atom. The Morgan fingerprint density at radius 3 is 2.54 bits per heavy atom. The van der Waals surface area contributed by atoms with Crippen LogP contribution in [0.1, 0.15) is 33.0 Å². The summed E-state index contributed by atoms with van der Waals surface area (Å²) >= 11 is 0. The van der Waals surface area contributed by atoms with Crippen molar-refractivity contribution in [2.24, 2.45) is 0 Å². The molecule has 0 fully saturated rings. The van der Waals surface area contributed by atoms with Crippen molar-refractivity contribution in [1.82, 2.24) is 4.90 Å². The van der Waals surface area contributed by atoms with E-state index in [1.54, 1.807) is 7.05 Å². The topological polar surface area (TPSA) is 37.4 Å². The summed E-state index contributed by atoms with van der Waals surface area (Å²) in [7, 11) is 1.59. The second-order valence-electron chi connectivity index (χ2n) is 6.59. The molecular formula is C21H15NO2. The van der Waals surface area contributed by atoms with E-state index >= 15 is 0 Å². The number of rotatable bonds is 1. The van der Waals surface area contributed by atoms with Crippen molar-refractivity contribution >= 4 is 17.9 Å². The van der Waals surface area contributed by atoms with Gasteiger partial charge in [0.1, 0.15) is 5.41 Å². The summed E-state index contributed by atoms with van der Waals surface area (Å²) < 4.78 is 0. The molecule has 1 aliphatic heterocycles. The number of hydrogen-bond donors (Lipinski definition) is 0. The molecule has 2 aliphatic carbocycles. The van der Waals surface area contributed by atoms with Gasteiger partial charge >= 0.3 is 0 Å². The van der Waals surface area contributed by atoms with Gasteiger partial charge in [0.25, 0.3) is 5.91 Å². The number of nitrogens with zero attached hydrogens (tertiary/aromatic N) is 1. The van der Waals surface area contributed by atoms with E-state index in [2.05, 4.69) is 18.2 Å². The molecule has 0 aromatic heterocycles. The summed E-state index contributed by atoms with van der Waals surface area (Å²) in [6, 6.07) is 15.8. The quantitative estimate of drug-likeness (QED) is 0.758. The summed E-state index contributed by atoms with van der Waals surface area (Å²) in [6.45, 7) is 0. The van der Waals surface area contributed by atoms with Gasteiger partial charge in [0.2, 0.25) is 5.91 Å². The SMILES string of the molecule is CN1C(=O)c2cccc3c2C2(C1=O)C(=CC2c1ccccc1)C=C3. The third-order valence-electron chi connectivity index (χ3n) is 5.54. The molecule has 2 aromatic carbocycles. The fourth-order valence-electron chi connectivity index (χ4n) is 4.42. The average Bonchev–Trinajstić information content (AvgIpc) is 2.60. The lowest BCUT2D eigenvalue weighted by atomic mass is 9.50. The molecule has 1 spiro atoms. The number of carbonyl (C=O) groups excluding carboxylic acids is 2. The lowest BCUT2D eigenvalue weighted by Gasteiger charge is -2.53. The van der Waals surface area contributed by atoms with Crippen LogP contribution in [0.5, 0.6) is 0 Å². The minimum absolute atomic E-state index is 0.0402. The van der Waals surface area contributed by atoms with Gasteiger partial charge in [-0.25, -0.2) is 0 Å². The standard InChI is InChI=1S/C21H15NO2/c1-22-19(23)16-9-5-8-14-10-11-15-12-17(13-6-3-2-4-7-13)21(15,18(14)16)20(22)24/h2-12,17H,1H3. The number of hydrogen-bond acceptors (Lipinski definition) is 2. The summed E-state index contributed by atoms with van der Waals surface area (Å²) in [6.07, 6.45) is 6.18. The van der Waals surface area contributed by atoms with Crippen molar-refractivity contribution in [1.29, 1.82) is 0 Å².